The zero-order valence-corrected chi connectivity index (χ0v) is 24.6. The molecule has 2 heterocycles. The van der Waals surface area contributed by atoms with Gasteiger partial charge in [0.1, 0.15) is 6.07 Å². The van der Waals surface area contributed by atoms with Crippen molar-refractivity contribution in [3.63, 3.8) is 0 Å². The summed E-state index contributed by atoms with van der Waals surface area (Å²) in [6.45, 7) is 14.9. The summed E-state index contributed by atoms with van der Waals surface area (Å²) in [6.07, 6.45) is 4.21. The average molecular weight is 586 g/mol. The molecule has 1 fully saturated rings. The Morgan fingerprint density at radius 1 is 1.32 bits per heavy atom. The zero-order valence-electron chi connectivity index (χ0n) is 23.8. The second-order valence-corrected chi connectivity index (χ2v) is 12.0. The Labute approximate surface area is 243 Å². The molecular weight excluding hydrogens is 551 g/mol. The van der Waals surface area contributed by atoms with Crippen LogP contribution in [-0.2, 0) is 0 Å². The van der Waals surface area contributed by atoms with Crippen LogP contribution in [0.2, 0.25) is 5.02 Å². The highest BCUT2D eigenvalue weighted by atomic mass is 35.5. The number of aromatic nitrogens is 1. The molecule has 1 aliphatic heterocycles. The first kappa shape index (κ1) is 30.3. The SMILES string of the molecule is C=C(/C(C)=C\C=C/C)[C@H](Nc1cc(Cl)c2ncc(C#N)c(NCC(C)(C)C)c2c1)C1=CN(C2(C(F)(F)F)CC2)NN1. The number of hydrogen-bond acceptors (Lipinski definition) is 7. The van der Waals surface area contributed by atoms with E-state index in [0.717, 1.165) is 10.6 Å². The van der Waals surface area contributed by atoms with E-state index in [2.05, 4.69) is 60.0 Å². The van der Waals surface area contributed by atoms with Crippen LogP contribution in [0.15, 0.2) is 66.2 Å². The van der Waals surface area contributed by atoms with Crippen molar-refractivity contribution in [2.75, 3.05) is 17.2 Å². The molecule has 41 heavy (non-hydrogen) atoms. The third-order valence-electron chi connectivity index (χ3n) is 7.16. The summed E-state index contributed by atoms with van der Waals surface area (Å²) in [6, 6.07) is 5.11. The van der Waals surface area contributed by atoms with Crippen molar-refractivity contribution in [2.45, 2.75) is 65.2 Å². The van der Waals surface area contributed by atoms with Gasteiger partial charge in [-0.05, 0) is 55.4 Å². The minimum absolute atomic E-state index is 0.00702. The number of anilines is 2. The number of pyridine rings is 1. The van der Waals surface area contributed by atoms with Crippen molar-refractivity contribution in [1.82, 2.24) is 21.0 Å². The Kier molecular flexibility index (Phi) is 8.35. The fraction of sp³-hybridized carbons (Fsp3) is 0.400. The highest BCUT2D eigenvalue weighted by molar-refractivity contribution is 6.35. The Morgan fingerprint density at radius 2 is 2.02 bits per heavy atom. The lowest BCUT2D eigenvalue weighted by Gasteiger charge is -2.28. The normalized spacial score (nSPS) is 17.7. The Balaban J connectivity index is 1.77. The van der Waals surface area contributed by atoms with Crippen molar-refractivity contribution >= 4 is 33.9 Å². The van der Waals surface area contributed by atoms with E-state index in [-0.39, 0.29) is 18.3 Å². The highest BCUT2D eigenvalue weighted by Gasteiger charge is 2.67. The van der Waals surface area contributed by atoms with E-state index in [0.29, 0.717) is 50.7 Å². The number of alkyl halides is 3. The van der Waals surface area contributed by atoms with E-state index < -0.39 is 17.8 Å². The standard InChI is InChI=1S/C30H35ClF3N7/c1-7-8-9-18(2)19(3)25(24-16-41(40-39-24)29(10-11-29)30(32,33)34)38-21-12-22-26(37-17-28(4,5)6)20(14-35)15-36-27(22)23(31)13-21/h7-9,12-13,15-16,25,38-40H,3,10-11,17H2,1-2,4-6H3,(H,36,37)/b8-7-,18-9-/t25-/m0/s1. The van der Waals surface area contributed by atoms with E-state index in [1.54, 1.807) is 6.07 Å². The summed E-state index contributed by atoms with van der Waals surface area (Å²) in [5, 5.41) is 18.7. The van der Waals surface area contributed by atoms with E-state index in [1.807, 2.05) is 38.1 Å². The molecule has 218 valence electrons. The molecule has 1 aliphatic carbocycles. The maximum Gasteiger partial charge on any atom is 0.413 e. The fourth-order valence-electron chi connectivity index (χ4n) is 4.55. The first-order chi connectivity index (χ1) is 19.2. The van der Waals surface area contributed by atoms with Crippen molar-refractivity contribution < 1.29 is 13.2 Å². The molecule has 2 aliphatic rings. The van der Waals surface area contributed by atoms with Gasteiger partial charge in [-0.15, -0.1) is 5.53 Å². The average Bonchev–Trinajstić information content (AvgIpc) is 3.59. The van der Waals surface area contributed by atoms with Gasteiger partial charge in [0.2, 0.25) is 0 Å². The minimum atomic E-state index is -4.39. The van der Waals surface area contributed by atoms with Gasteiger partial charge in [-0.2, -0.15) is 18.4 Å². The largest absolute Gasteiger partial charge is 0.413 e. The molecule has 4 rings (SSSR count). The van der Waals surface area contributed by atoms with Crippen molar-refractivity contribution in [2.24, 2.45) is 5.41 Å². The molecule has 1 aromatic carbocycles. The van der Waals surface area contributed by atoms with Gasteiger partial charge in [-0.1, -0.05) is 57.2 Å². The van der Waals surface area contributed by atoms with Gasteiger partial charge in [0, 0.05) is 30.0 Å². The maximum atomic E-state index is 13.8. The molecule has 0 amide bonds. The van der Waals surface area contributed by atoms with E-state index >= 15 is 0 Å². The van der Waals surface area contributed by atoms with Gasteiger partial charge in [0.15, 0.2) is 5.54 Å². The van der Waals surface area contributed by atoms with E-state index in [9.17, 15) is 18.4 Å². The Hall–Kier alpha value is -3.68. The Morgan fingerprint density at radius 3 is 2.61 bits per heavy atom. The summed E-state index contributed by atoms with van der Waals surface area (Å²) >= 11 is 6.68. The molecule has 0 radical (unpaired) electrons. The second-order valence-electron chi connectivity index (χ2n) is 11.6. The Bertz CT molecular complexity index is 1470. The molecule has 1 atom stereocenters. The fourth-order valence-corrected chi connectivity index (χ4v) is 4.82. The second kappa shape index (κ2) is 11.3. The lowest BCUT2D eigenvalue weighted by molar-refractivity contribution is -0.195. The van der Waals surface area contributed by atoms with Crippen LogP contribution in [0.4, 0.5) is 24.5 Å². The predicted molar refractivity (Wildman–Crippen MR) is 159 cm³/mol. The van der Waals surface area contributed by atoms with Crippen LogP contribution in [0.25, 0.3) is 10.9 Å². The number of hydrogen-bond donors (Lipinski definition) is 4. The summed E-state index contributed by atoms with van der Waals surface area (Å²) in [7, 11) is 0. The molecule has 0 saturated heterocycles. The minimum Gasteiger partial charge on any atom is -0.383 e. The van der Waals surface area contributed by atoms with Gasteiger partial charge < -0.3 is 16.1 Å². The predicted octanol–water partition coefficient (Wildman–Crippen LogP) is 7.34. The van der Waals surface area contributed by atoms with Crippen LogP contribution in [0, 0.1) is 16.7 Å². The number of halogens is 4. The van der Waals surface area contributed by atoms with Crippen molar-refractivity contribution in [3.8, 4) is 6.07 Å². The van der Waals surface area contributed by atoms with Crippen LogP contribution >= 0.6 is 11.6 Å². The molecule has 0 unspecified atom stereocenters. The maximum absolute atomic E-state index is 13.8. The summed E-state index contributed by atoms with van der Waals surface area (Å²) in [5.41, 5.74) is 7.67. The molecule has 1 saturated carbocycles. The van der Waals surface area contributed by atoms with Gasteiger partial charge in [-0.3, -0.25) is 9.99 Å². The monoisotopic (exact) mass is 585 g/mol. The molecule has 0 spiro atoms. The third-order valence-corrected chi connectivity index (χ3v) is 7.45. The van der Waals surface area contributed by atoms with E-state index in [4.69, 9.17) is 11.6 Å². The number of benzene rings is 1. The van der Waals surface area contributed by atoms with E-state index in [1.165, 1.54) is 12.4 Å². The first-order valence-corrected chi connectivity index (χ1v) is 13.7. The first-order valence-electron chi connectivity index (χ1n) is 13.3. The van der Waals surface area contributed by atoms with Crippen molar-refractivity contribution in [3.05, 3.63) is 76.8 Å². The van der Waals surface area contributed by atoms with Gasteiger partial charge in [0.05, 0.1) is 33.5 Å². The smallest absolute Gasteiger partial charge is 0.383 e. The topological polar surface area (TPSA) is 88.0 Å². The highest BCUT2D eigenvalue weighted by Crippen LogP contribution is 2.53. The molecule has 0 bridgehead atoms. The number of nitrogens with zero attached hydrogens (tertiary/aromatic N) is 3. The molecular formula is C30H35ClF3N7. The molecule has 7 nitrogen and oxygen atoms in total. The number of nitriles is 1. The van der Waals surface area contributed by atoms with Crippen molar-refractivity contribution in [1.29, 1.82) is 5.26 Å². The van der Waals surface area contributed by atoms with Crippen LogP contribution in [0.5, 0.6) is 0 Å². The van der Waals surface area contributed by atoms with Crippen LogP contribution < -0.4 is 21.6 Å². The number of nitrogens with one attached hydrogen (secondary N) is 4. The molecule has 11 heteroatoms. The third kappa shape index (κ3) is 6.31. The van der Waals surface area contributed by atoms with Crippen LogP contribution in [0.3, 0.4) is 0 Å². The number of hydrazine groups is 2. The summed E-state index contributed by atoms with van der Waals surface area (Å²) in [4.78, 5) is 4.41. The number of rotatable bonds is 9. The quantitative estimate of drug-likeness (QED) is 0.229. The van der Waals surface area contributed by atoms with Crippen LogP contribution in [-0.4, -0.2) is 34.3 Å². The van der Waals surface area contributed by atoms with Crippen LogP contribution in [0.1, 0.15) is 53.0 Å². The van der Waals surface area contributed by atoms with Gasteiger partial charge in [-0.25, -0.2) is 0 Å². The number of allylic oxidation sites excluding steroid dienone is 3. The molecule has 2 aromatic rings. The summed E-state index contributed by atoms with van der Waals surface area (Å²) < 4.78 is 41.5. The number of fused-ring (bicyclic) bond motifs is 1. The lowest BCUT2D eigenvalue weighted by atomic mass is 9.96. The van der Waals surface area contributed by atoms with Gasteiger partial charge >= 0.3 is 6.18 Å². The summed E-state index contributed by atoms with van der Waals surface area (Å²) in [5.74, 6) is 0. The molecule has 4 N–H and O–H groups in total. The lowest BCUT2D eigenvalue weighted by Crippen LogP contribution is -2.52. The van der Waals surface area contributed by atoms with Gasteiger partial charge in [0.25, 0.3) is 0 Å². The molecule has 1 aromatic heterocycles. The zero-order chi connectivity index (χ0) is 30.2.